The average Bonchev–Trinajstić information content (AvgIpc) is 2.18. The van der Waals surface area contributed by atoms with Gasteiger partial charge in [0.05, 0.1) is 8.58 Å². The second-order valence-electron chi connectivity index (χ2n) is 2.06. The zero-order valence-electron chi connectivity index (χ0n) is 9.16. The van der Waals surface area contributed by atoms with Crippen molar-refractivity contribution >= 4 is 27.5 Å². The number of benzene rings is 1. The van der Waals surface area contributed by atoms with Crippen molar-refractivity contribution in [2.75, 3.05) is 5.32 Å². The standard InChI is InChI=1S/C8H7BrFNO/c1-5(12)11-6-2-3-8(10)7(9)4-6/h2-4H,1H3,(H,11,12)/i2D,3D,4D. The van der Waals surface area contributed by atoms with Crippen molar-refractivity contribution in [2.24, 2.45) is 0 Å². The van der Waals surface area contributed by atoms with E-state index in [0.717, 1.165) is 0 Å². The molecule has 0 saturated carbocycles. The Labute approximate surface area is 82.1 Å². The molecule has 0 aliphatic heterocycles. The van der Waals surface area contributed by atoms with E-state index in [9.17, 15) is 9.18 Å². The molecule has 12 heavy (non-hydrogen) atoms. The highest BCUT2D eigenvalue weighted by Crippen LogP contribution is 2.19. The number of carbonyl (C=O) groups is 1. The Hall–Kier alpha value is -0.900. The monoisotopic (exact) mass is 234 g/mol. The molecule has 0 aromatic heterocycles. The first-order valence-electron chi connectivity index (χ1n) is 4.58. The van der Waals surface area contributed by atoms with Gasteiger partial charge in [-0.2, -0.15) is 0 Å². The van der Waals surface area contributed by atoms with Crippen LogP contribution in [-0.2, 0) is 4.79 Å². The van der Waals surface area contributed by atoms with Gasteiger partial charge in [-0.1, -0.05) is 0 Å². The van der Waals surface area contributed by atoms with E-state index in [4.69, 9.17) is 4.11 Å². The van der Waals surface area contributed by atoms with Crippen molar-refractivity contribution in [3.63, 3.8) is 0 Å². The number of anilines is 1. The van der Waals surface area contributed by atoms with Gasteiger partial charge in [0.1, 0.15) is 5.82 Å². The lowest BCUT2D eigenvalue weighted by atomic mass is 10.3. The first-order valence-corrected chi connectivity index (χ1v) is 3.88. The van der Waals surface area contributed by atoms with Gasteiger partial charge in [-0.05, 0) is 34.1 Å². The molecule has 4 heteroatoms. The van der Waals surface area contributed by atoms with E-state index in [2.05, 4.69) is 21.2 Å². The summed E-state index contributed by atoms with van der Waals surface area (Å²) in [6, 6.07) is -1.50. The summed E-state index contributed by atoms with van der Waals surface area (Å²) >= 11 is 2.79. The summed E-state index contributed by atoms with van der Waals surface area (Å²) in [4.78, 5) is 10.8. The second kappa shape index (κ2) is 3.67. The minimum atomic E-state index is -0.973. The van der Waals surface area contributed by atoms with Gasteiger partial charge in [0.2, 0.25) is 5.91 Å². The van der Waals surface area contributed by atoms with E-state index in [1.165, 1.54) is 6.92 Å². The van der Waals surface area contributed by atoms with E-state index < -0.39 is 23.8 Å². The van der Waals surface area contributed by atoms with Crippen molar-refractivity contribution in [1.82, 2.24) is 0 Å². The number of carbonyl (C=O) groups excluding carboxylic acids is 1. The minimum absolute atomic E-state index is 0.166. The summed E-state index contributed by atoms with van der Waals surface area (Å²) in [5, 5.41) is 2.22. The van der Waals surface area contributed by atoms with Crippen LogP contribution in [0.5, 0.6) is 0 Å². The van der Waals surface area contributed by atoms with Crippen molar-refractivity contribution in [3.05, 3.63) is 28.4 Å². The van der Waals surface area contributed by atoms with Crippen LogP contribution in [0.25, 0.3) is 0 Å². The lowest BCUT2D eigenvalue weighted by Gasteiger charge is -2.01. The molecule has 0 aliphatic rings. The van der Waals surface area contributed by atoms with Crippen molar-refractivity contribution in [2.45, 2.75) is 6.92 Å². The Morgan fingerprint density at radius 2 is 2.42 bits per heavy atom. The Balaban J connectivity index is 3.45. The molecule has 0 saturated heterocycles. The topological polar surface area (TPSA) is 29.1 Å². The molecule has 64 valence electrons. The summed E-state index contributed by atoms with van der Waals surface area (Å²) < 4.78 is 35.0. The van der Waals surface area contributed by atoms with Crippen LogP contribution < -0.4 is 5.32 Å². The highest BCUT2D eigenvalue weighted by Gasteiger charge is 2.00. The Morgan fingerprint density at radius 1 is 1.75 bits per heavy atom. The maximum Gasteiger partial charge on any atom is 0.221 e. The predicted octanol–water partition coefficient (Wildman–Crippen LogP) is 2.55. The molecule has 0 spiro atoms. The first-order chi connectivity index (χ1) is 6.86. The van der Waals surface area contributed by atoms with Crippen LogP contribution in [0, 0.1) is 5.82 Å². The molecular formula is C8H7BrFNO. The molecule has 1 rings (SSSR count). The number of halogens is 2. The summed E-state index contributed by atoms with van der Waals surface area (Å²) in [6.45, 7) is 1.21. The number of hydrogen-bond acceptors (Lipinski definition) is 1. The third-order valence-electron chi connectivity index (χ3n) is 1.03. The summed E-state index contributed by atoms with van der Waals surface area (Å²) in [7, 11) is 0. The summed E-state index contributed by atoms with van der Waals surface area (Å²) in [5.41, 5.74) is -0.166. The SMILES string of the molecule is [2H]c1c([2H])c(NC(C)=O)c([2H])c(Br)c1F. The van der Waals surface area contributed by atoms with E-state index in [-0.39, 0.29) is 16.2 Å². The highest BCUT2D eigenvalue weighted by molar-refractivity contribution is 9.10. The van der Waals surface area contributed by atoms with Crippen LogP contribution in [0.3, 0.4) is 0 Å². The third kappa shape index (κ3) is 2.30. The lowest BCUT2D eigenvalue weighted by Crippen LogP contribution is -2.05. The van der Waals surface area contributed by atoms with Gasteiger partial charge in [0.15, 0.2) is 0 Å². The zero-order chi connectivity index (χ0) is 11.7. The molecule has 2 nitrogen and oxygen atoms in total. The van der Waals surface area contributed by atoms with E-state index >= 15 is 0 Å². The van der Waals surface area contributed by atoms with Crippen LogP contribution in [0.2, 0.25) is 0 Å². The Kier molecular flexibility index (Phi) is 1.74. The maximum atomic E-state index is 13.2. The molecule has 0 bridgehead atoms. The van der Waals surface area contributed by atoms with Gasteiger partial charge >= 0.3 is 0 Å². The molecule has 0 fully saturated rings. The fourth-order valence-electron chi connectivity index (χ4n) is 0.607. The van der Waals surface area contributed by atoms with Gasteiger partial charge in [-0.25, -0.2) is 4.39 Å². The summed E-state index contributed by atoms with van der Waals surface area (Å²) in [5.74, 6) is -1.45. The molecule has 0 radical (unpaired) electrons. The van der Waals surface area contributed by atoms with Crippen LogP contribution >= 0.6 is 15.9 Å². The van der Waals surface area contributed by atoms with E-state index in [1.807, 2.05) is 0 Å². The van der Waals surface area contributed by atoms with Gasteiger partial charge < -0.3 is 5.32 Å². The fourth-order valence-corrected chi connectivity index (χ4v) is 0.904. The molecule has 0 atom stereocenters. The van der Waals surface area contributed by atoms with Gasteiger partial charge in [-0.15, -0.1) is 0 Å². The van der Waals surface area contributed by atoms with Crippen molar-refractivity contribution < 1.29 is 13.3 Å². The van der Waals surface area contributed by atoms with Gasteiger partial charge in [0.25, 0.3) is 0 Å². The van der Waals surface area contributed by atoms with Crippen LogP contribution in [0.1, 0.15) is 11.0 Å². The molecule has 0 aliphatic carbocycles. The first kappa shape index (κ1) is 5.70. The molecular weight excluding hydrogens is 225 g/mol. The van der Waals surface area contributed by atoms with Crippen molar-refractivity contribution in [3.8, 4) is 0 Å². The predicted molar refractivity (Wildman–Crippen MR) is 48.4 cm³/mol. The van der Waals surface area contributed by atoms with E-state index in [1.54, 1.807) is 0 Å². The maximum absolute atomic E-state index is 13.2. The zero-order valence-corrected chi connectivity index (χ0v) is 7.75. The Morgan fingerprint density at radius 3 is 3.00 bits per heavy atom. The van der Waals surface area contributed by atoms with Gasteiger partial charge in [0, 0.05) is 12.6 Å². The molecule has 1 amide bonds. The quantitative estimate of drug-likeness (QED) is 0.796. The second-order valence-corrected chi connectivity index (χ2v) is 2.85. The summed E-state index contributed by atoms with van der Waals surface area (Å²) in [6.07, 6.45) is 0. The average molecular weight is 235 g/mol. The number of nitrogens with one attached hydrogen (secondary N) is 1. The fraction of sp³-hybridized carbons (Fsp3) is 0.125. The number of rotatable bonds is 1. The van der Waals surface area contributed by atoms with Crippen LogP contribution in [-0.4, -0.2) is 5.91 Å². The highest BCUT2D eigenvalue weighted by atomic mass is 79.9. The normalized spacial score (nSPS) is 13.1. The largest absolute Gasteiger partial charge is 0.326 e. The van der Waals surface area contributed by atoms with Crippen LogP contribution in [0.15, 0.2) is 22.6 Å². The van der Waals surface area contributed by atoms with E-state index in [0.29, 0.717) is 0 Å². The molecule has 0 unspecified atom stereocenters. The molecule has 1 aromatic carbocycles. The third-order valence-corrected chi connectivity index (χ3v) is 1.57. The minimum Gasteiger partial charge on any atom is -0.326 e. The number of amides is 1. The Bertz CT molecular complexity index is 409. The van der Waals surface area contributed by atoms with Crippen LogP contribution in [0.4, 0.5) is 10.1 Å². The van der Waals surface area contributed by atoms with Gasteiger partial charge in [-0.3, -0.25) is 4.79 Å². The van der Waals surface area contributed by atoms with Crippen molar-refractivity contribution in [1.29, 1.82) is 0 Å². The molecule has 0 heterocycles. The molecule has 1 aromatic rings. The number of hydrogen-bond donors (Lipinski definition) is 1. The molecule has 1 N–H and O–H groups in total. The smallest absolute Gasteiger partial charge is 0.221 e. The lowest BCUT2D eigenvalue weighted by molar-refractivity contribution is -0.114.